The van der Waals surface area contributed by atoms with Crippen molar-refractivity contribution in [2.45, 2.75) is 31.8 Å². The highest BCUT2D eigenvalue weighted by Crippen LogP contribution is 2.17. The number of nitrogens with zero attached hydrogens (tertiary/aromatic N) is 1. The SMILES string of the molecule is COCC1CCN(C(=O)CCOC2CCNCC2)C1. The van der Waals surface area contributed by atoms with Crippen molar-refractivity contribution in [1.29, 1.82) is 0 Å². The van der Waals surface area contributed by atoms with Gasteiger partial charge in [-0.2, -0.15) is 0 Å². The monoisotopic (exact) mass is 270 g/mol. The highest BCUT2D eigenvalue weighted by atomic mass is 16.5. The summed E-state index contributed by atoms with van der Waals surface area (Å²) in [5.74, 6) is 0.742. The Hall–Kier alpha value is -0.650. The minimum absolute atomic E-state index is 0.229. The maximum Gasteiger partial charge on any atom is 0.224 e. The molecule has 0 aromatic heterocycles. The van der Waals surface area contributed by atoms with E-state index in [-0.39, 0.29) is 5.91 Å². The fraction of sp³-hybridized carbons (Fsp3) is 0.929. The first-order valence-electron chi connectivity index (χ1n) is 7.38. The largest absolute Gasteiger partial charge is 0.384 e. The molecule has 0 aliphatic carbocycles. The van der Waals surface area contributed by atoms with Gasteiger partial charge in [-0.15, -0.1) is 0 Å². The van der Waals surface area contributed by atoms with Gasteiger partial charge in [0.15, 0.2) is 0 Å². The van der Waals surface area contributed by atoms with Crippen molar-refractivity contribution in [3.63, 3.8) is 0 Å². The van der Waals surface area contributed by atoms with E-state index in [9.17, 15) is 4.79 Å². The van der Waals surface area contributed by atoms with Crippen LogP contribution in [0.25, 0.3) is 0 Å². The number of nitrogens with one attached hydrogen (secondary N) is 1. The molecule has 2 rings (SSSR count). The molecule has 2 heterocycles. The van der Waals surface area contributed by atoms with E-state index < -0.39 is 0 Å². The quantitative estimate of drug-likeness (QED) is 0.769. The molecule has 5 nitrogen and oxygen atoms in total. The zero-order chi connectivity index (χ0) is 13.5. The number of piperidine rings is 1. The van der Waals surface area contributed by atoms with Crippen LogP contribution in [0.5, 0.6) is 0 Å². The van der Waals surface area contributed by atoms with E-state index in [2.05, 4.69) is 5.32 Å². The summed E-state index contributed by atoms with van der Waals surface area (Å²) in [7, 11) is 1.72. The van der Waals surface area contributed by atoms with E-state index in [1.54, 1.807) is 7.11 Å². The van der Waals surface area contributed by atoms with E-state index in [1.807, 2.05) is 4.90 Å². The molecule has 2 aliphatic heterocycles. The summed E-state index contributed by atoms with van der Waals surface area (Å²) in [6.45, 7) is 5.11. The van der Waals surface area contributed by atoms with Gasteiger partial charge in [0.2, 0.25) is 5.91 Å². The maximum atomic E-state index is 12.0. The van der Waals surface area contributed by atoms with Gasteiger partial charge in [-0.1, -0.05) is 0 Å². The number of methoxy groups -OCH3 is 1. The molecule has 19 heavy (non-hydrogen) atoms. The molecule has 2 aliphatic rings. The first kappa shape index (κ1) is 14.8. The highest BCUT2D eigenvalue weighted by molar-refractivity contribution is 5.76. The molecule has 1 unspecified atom stereocenters. The topological polar surface area (TPSA) is 50.8 Å². The summed E-state index contributed by atoms with van der Waals surface area (Å²) >= 11 is 0. The van der Waals surface area contributed by atoms with E-state index >= 15 is 0 Å². The number of hydrogen-bond donors (Lipinski definition) is 1. The Balaban J connectivity index is 1.59. The number of amides is 1. The first-order chi connectivity index (χ1) is 9.29. The second-order valence-electron chi connectivity index (χ2n) is 5.52. The zero-order valence-corrected chi connectivity index (χ0v) is 11.9. The number of carbonyl (C=O) groups is 1. The Morgan fingerprint density at radius 3 is 2.84 bits per heavy atom. The standard InChI is InChI=1S/C14H26N2O3/c1-18-11-12-4-8-16(10-12)14(17)5-9-19-13-2-6-15-7-3-13/h12-13,15H,2-11H2,1H3. The van der Waals surface area contributed by atoms with Crippen LogP contribution in [0.1, 0.15) is 25.7 Å². The van der Waals surface area contributed by atoms with Crippen molar-refractivity contribution >= 4 is 5.91 Å². The summed E-state index contributed by atoms with van der Waals surface area (Å²) in [6.07, 6.45) is 4.05. The molecule has 0 aromatic rings. The molecule has 0 radical (unpaired) electrons. The summed E-state index contributed by atoms with van der Waals surface area (Å²) in [5, 5.41) is 3.31. The van der Waals surface area contributed by atoms with Crippen molar-refractivity contribution < 1.29 is 14.3 Å². The molecule has 0 spiro atoms. The highest BCUT2D eigenvalue weighted by Gasteiger charge is 2.25. The second kappa shape index (κ2) is 7.82. The molecule has 1 N–H and O–H groups in total. The maximum absolute atomic E-state index is 12.0. The minimum Gasteiger partial charge on any atom is -0.384 e. The molecule has 1 atom stereocenters. The summed E-state index contributed by atoms with van der Waals surface area (Å²) in [4.78, 5) is 14.0. The Morgan fingerprint density at radius 1 is 1.32 bits per heavy atom. The van der Waals surface area contributed by atoms with Crippen LogP contribution in [0.2, 0.25) is 0 Å². The van der Waals surface area contributed by atoms with E-state index in [0.717, 1.165) is 52.0 Å². The van der Waals surface area contributed by atoms with Gasteiger partial charge < -0.3 is 19.7 Å². The summed E-state index contributed by atoms with van der Waals surface area (Å²) < 4.78 is 10.9. The third kappa shape index (κ3) is 4.75. The second-order valence-corrected chi connectivity index (χ2v) is 5.52. The fourth-order valence-corrected chi connectivity index (χ4v) is 2.86. The van der Waals surface area contributed by atoms with E-state index in [0.29, 0.717) is 25.0 Å². The molecular weight excluding hydrogens is 244 g/mol. The van der Waals surface area contributed by atoms with Crippen molar-refractivity contribution in [2.24, 2.45) is 5.92 Å². The molecule has 1 amide bonds. The Kier molecular flexibility index (Phi) is 6.07. The smallest absolute Gasteiger partial charge is 0.224 e. The van der Waals surface area contributed by atoms with Crippen molar-refractivity contribution in [2.75, 3.05) is 46.5 Å². The Bertz CT molecular complexity index is 280. The lowest BCUT2D eigenvalue weighted by atomic mass is 10.1. The average molecular weight is 270 g/mol. The van der Waals surface area contributed by atoms with E-state index in [1.165, 1.54) is 0 Å². The number of rotatable bonds is 6. The van der Waals surface area contributed by atoms with Crippen LogP contribution in [0.15, 0.2) is 0 Å². The number of hydrogen-bond acceptors (Lipinski definition) is 4. The van der Waals surface area contributed by atoms with E-state index in [4.69, 9.17) is 9.47 Å². The fourth-order valence-electron chi connectivity index (χ4n) is 2.86. The van der Waals surface area contributed by atoms with Gasteiger partial charge >= 0.3 is 0 Å². The summed E-state index contributed by atoms with van der Waals surface area (Å²) in [6, 6.07) is 0. The molecule has 110 valence electrons. The van der Waals surface area contributed by atoms with Crippen LogP contribution in [0, 0.1) is 5.92 Å². The van der Waals surface area contributed by atoms with Crippen LogP contribution in [-0.4, -0.2) is 63.4 Å². The third-order valence-electron chi connectivity index (χ3n) is 4.00. The predicted octanol–water partition coefficient (Wildman–Crippen LogP) is 0.640. The zero-order valence-electron chi connectivity index (χ0n) is 11.9. The van der Waals surface area contributed by atoms with Crippen LogP contribution in [0.3, 0.4) is 0 Å². The minimum atomic E-state index is 0.229. The van der Waals surface area contributed by atoms with Gasteiger partial charge in [0.05, 0.1) is 25.7 Å². The Morgan fingerprint density at radius 2 is 2.11 bits per heavy atom. The molecule has 0 saturated carbocycles. The molecule has 2 fully saturated rings. The first-order valence-corrected chi connectivity index (χ1v) is 7.38. The van der Waals surface area contributed by atoms with Gasteiger partial charge in [0.25, 0.3) is 0 Å². The van der Waals surface area contributed by atoms with Gasteiger partial charge in [0.1, 0.15) is 0 Å². The number of carbonyl (C=O) groups excluding carboxylic acids is 1. The van der Waals surface area contributed by atoms with Gasteiger partial charge in [-0.05, 0) is 32.4 Å². The van der Waals surface area contributed by atoms with Gasteiger partial charge in [-0.25, -0.2) is 0 Å². The van der Waals surface area contributed by atoms with Crippen LogP contribution >= 0.6 is 0 Å². The average Bonchev–Trinajstić information content (AvgIpc) is 2.89. The number of ether oxygens (including phenoxy) is 2. The molecule has 2 saturated heterocycles. The molecule has 0 aromatic carbocycles. The molecule has 0 bridgehead atoms. The van der Waals surface area contributed by atoms with Crippen LogP contribution < -0.4 is 5.32 Å². The molecule has 5 heteroatoms. The predicted molar refractivity (Wildman–Crippen MR) is 73.0 cm³/mol. The molecular formula is C14H26N2O3. The summed E-state index contributed by atoms with van der Waals surface area (Å²) in [5.41, 5.74) is 0. The van der Waals surface area contributed by atoms with Crippen LogP contribution in [0.4, 0.5) is 0 Å². The van der Waals surface area contributed by atoms with Gasteiger partial charge in [-0.3, -0.25) is 4.79 Å². The lowest BCUT2D eigenvalue weighted by molar-refractivity contribution is -0.132. The third-order valence-corrected chi connectivity index (χ3v) is 4.00. The Labute approximate surface area is 115 Å². The van der Waals surface area contributed by atoms with Crippen LogP contribution in [-0.2, 0) is 14.3 Å². The van der Waals surface area contributed by atoms with Gasteiger partial charge in [0, 0.05) is 26.1 Å². The van der Waals surface area contributed by atoms with Crippen molar-refractivity contribution in [1.82, 2.24) is 10.2 Å². The lowest BCUT2D eigenvalue weighted by Crippen LogP contribution is -2.34. The number of likely N-dealkylation sites (tertiary alicyclic amines) is 1. The van der Waals surface area contributed by atoms with Crippen molar-refractivity contribution in [3.8, 4) is 0 Å². The lowest BCUT2D eigenvalue weighted by Gasteiger charge is -2.23. The normalized spacial score (nSPS) is 24.9. The van der Waals surface area contributed by atoms with Crippen molar-refractivity contribution in [3.05, 3.63) is 0 Å².